The monoisotopic (exact) mass is 415 g/mol. The van der Waals surface area contributed by atoms with Gasteiger partial charge in [0.05, 0.1) is 18.6 Å². The van der Waals surface area contributed by atoms with Gasteiger partial charge in [-0.15, -0.1) is 0 Å². The first kappa shape index (κ1) is 21.2. The summed E-state index contributed by atoms with van der Waals surface area (Å²) in [5.41, 5.74) is 0.255. The van der Waals surface area contributed by atoms with Crippen molar-refractivity contribution in [3.8, 4) is 5.75 Å². The number of fused-ring (bicyclic) bond motifs is 4. The van der Waals surface area contributed by atoms with Crippen LogP contribution in [0.1, 0.15) is 65.0 Å². The average Bonchev–Trinajstić information content (AvgIpc) is 2.64. The Morgan fingerprint density at radius 1 is 1.23 bits per heavy atom. The number of ether oxygens (including phenoxy) is 2. The minimum absolute atomic E-state index is 0.00354. The maximum Gasteiger partial charge on any atom is 0.303 e. The molecule has 30 heavy (non-hydrogen) atoms. The third kappa shape index (κ3) is 4.07. The highest BCUT2D eigenvalue weighted by Crippen LogP contribution is 2.52. The van der Waals surface area contributed by atoms with Crippen molar-refractivity contribution in [1.29, 1.82) is 0 Å². The molecule has 0 radical (unpaired) electrons. The van der Waals surface area contributed by atoms with Gasteiger partial charge in [0, 0.05) is 36.9 Å². The highest BCUT2D eigenvalue weighted by Gasteiger charge is 2.51. The van der Waals surface area contributed by atoms with Gasteiger partial charge in [0.25, 0.3) is 0 Å². The van der Waals surface area contributed by atoms with Crippen LogP contribution < -0.4 is 4.74 Å². The van der Waals surface area contributed by atoms with Crippen LogP contribution in [0.5, 0.6) is 5.75 Å². The van der Waals surface area contributed by atoms with Crippen LogP contribution in [0.4, 0.5) is 0 Å². The van der Waals surface area contributed by atoms with E-state index >= 15 is 0 Å². The second-order valence-electron chi connectivity index (χ2n) is 10.5. The van der Waals surface area contributed by atoms with Crippen molar-refractivity contribution >= 4 is 11.9 Å². The van der Waals surface area contributed by atoms with E-state index in [1.54, 1.807) is 0 Å². The summed E-state index contributed by atoms with van der Waals surface area (Å²) in [5, 5.41) is 9.10. The number of nitrogens with zero attached hydrogens (tertiary/aromatic N) is 1. The molecule has 2 saturated heterocycles. The van der Waals surface area contributed by atoms with Crippen LogP contribution in [0, 0.1) is 17.3 Å². The summed E-state index contributed by atoms with van der Waals surface area (Å²) in [4.78, 5) is 25.9. The molecule has 0 bridgehead atoms. The first-order valence-corrected chi connectivity index (χ1v) is 11.0. The fraction of sp³-hybridized carbons (Fsp3) is 0.667. The van der Waals surface area contributed by atoms with E-state index in [1.165, 1.54) is 0 Å². The van der Waals surface area contributed by atoms with Gasteiger partial charge in [-0.2, -0.15) is 0 Å². The highest BCUT2D eigenvalue weighted by atomic mass is 16.5. The maximum atomic E-state index is 12.9. The molecule has 1 aromatic carbocycles. The number of piperidine rings is 1. The molecular formula is C24H33NO5. The van der Waals surface area contributed by atoms with E-state index in [4.69, 9.17) is 14.6 Å². The van der Waals surface area contributed by atoms with Crippen LogP contribution in [0.25, 0.3) is 0 Å². The molecule has 0 spiro atoms. The van der Waals surface area contributed by atoms with Gasteiger partial charge >= 0.3 is 5.97 Å². The van der Waals surface area contributed by atoms with E-state index in [1.807, 2.05) is 36.9 Å². The van der Waals surface area contributed by atoms with Crippen LogP contribution in [0.3, 0.4) is 0 Å². The topological polar surface area (TPSA) is 76.1 Å². The Bertz CT molecular complexity index is 833. The van der Waals surface area contributed by atoms with Crippen LogP contribution in [0.15, 0.2) is 24.3 Å². The molecule has 6 heteroatoms. The number of para-hydroxylation sites is 1. The van der Waals surface area contributed by atoms with E-state index in [9.17, 15) is 9.59 Å². The second kappa shape index (κ2) is 7.56. The zero-order chi connectivity index (χ0) is 21.7. The molecule has 0 aromatic heterocycles. The van der Waals surface area contributed by atoms with Crippen LogP contribution in [-0.4, -0.2) is 46.7 Å². The predicted molar refractivity (Wildman–Crippen MR) is 112 cm³/mol. The summed E-state index contributed by atoms with van der Waals surface area (Å²) in [6, 6.07) is 8.15. The number of aliphatic carboxylic acids is 1. The molecule has 0 unspecified atom stereocenters. The molecule has 3 aliphatic rings. The molecule has 3 heterocycles. The number of hydrogen-bond acceptors (Lipinski definition) is 4. The number of carboxylic acids is 1. The van der Waals surface area contributed by atoms with E-state index < -0.39 is 11.4 Å². The Hall–Kier alpha value is -2.08. The average molecular weight is 416 g/mol. The summed E-state index contributed by atoms with van der Waals surface area (Å²) in [6.45, 7) is 9.30. The van der Waals surface area contributed by atoms with Crippen molar-refractivity contribution in [1.82, 2.24) is 4.90 Å². The molecule has 2 fully saturated rings. The number of carbonyl (C=O) groups excluding carboxylic acids is 1. The molecule has 3 aliphatic heterocycles. The third-order valence-corrected chi connectivity index (χ3v) is 7.01. The Kier molecular flexibility index (Phi) is 5.33. The quantitative estimate of drug-likeness (QED) is 0.803. The first-order chi connectivity index (χ1) is 14.1. The summed E-state index contributed by atoms with van der Waals surface area (Å²) >= 11 is 0. The second-order valence-corrected chi connectivity index (χ2v) is 10.5. The molecule has 1 amide bonds. The number of amides is 1. The van der Waals surface area contributed by atoms with Crippen molar-refractivity contribution in [2.75, 3.05) is 13.1 Å². The summed E-state index contributed by atoms with van der Waals surface area (Å²) < 4.78 is 13.0. The number of carboxylic acid groups (broad SMARTS) is 1. The molecule has 164 valence electrons. The molecule has 0 aliphatic carbocycles. The Labute approximate surface area is 178 Å². The molecule has 4 rings (SSSR count). The molecule has 1 N–H and O–H groups in total. The maximum absolute atomic E-state index is 12.9. The molecule has 0 saturated carbocycles. The largest absolute Gasteiger partial charge is 0.487 e. The molecule has 4 atom stereocenters. The number of hydrogen-bond donors (Lipinski definition) is 1. The molecule has 6 nitrogen and oxygen atoms in total. The van der Waals surface area contributed by atoms with Gasteiger partial charge in [0.1, 0.15) is 11.4 Å². The number of benzene rings is 1. The number of rotatable bonds is 4. The van der Waals surface area contributed by atoms with Gasteiger partial charge in [0.15, 0.2) is 0 Å². The third-order valence-electron chi connectivity index (χ3n) is 7.01. The van der Waals surface area contributed by atoms with Crippen molar-refractivity contribution in [3.05, 3.63) is 29.8 Å². The Morgan fingerprint density at radius 3 is 2.70 bits per heavy atom. The van der Waals surface area contributed by atoms with Gasteiger partial charge in [-0.05, 0) is 38.2 Å². The van der Waals surface area contributed by atoms with Gasteiger partial charge in [-0.1, -0.05) is 32.0 Å². The first-order valence-electron chi connectivity index (χ1n) is 11.0. The highest BCUT2D eigenvalue weighted by molar-refractivity contribution is 5.78. The molecule has 1 aromatic rings. The fourth-order valence-corrected chi connectivity index (χ4v) is 5.47. The van der Waals surface area contributed by atoms with Crippen molar-refractivity contribution < 1.29 is 24.2 Å². The van der Waals surface area contributed by atoms with Gasteiger partial charge in [-0.25, -0.2) is 0 Å². The SMILES string of the molecule is CC(C)(CC(=O)O)CC(=O)N1CC[C@H]2O[C@H]3c4ccccc4OC(C)(C)[C@@H]3C[C@H]2C1. The molecular weight excluding hydrogens is 382 g/mol. The normalized spacial score (nSPS) is 29.8. The van der Waals surface area contributed by atoms with Gasteiger partial charge in [0.2, 0.25) is 5.91 Å². The van der Waals surface area contributed by atoms with E-state index in [2.05, 4.69) is 19.9 Å². The zero-order valence-corrected chi connectivity index (χ0v) is 18.4. The van der Waals surface area contributed by atoms with Crippen molar-refractivity contribution in [3.63, 3.8) is 0 Å². The fourth-order valence-electron chi connectivity index (χ4n) is 5.47. The Morgan fingerprint density at radius 2 is 1.97 bits per heavy atom. The Balaban J connectivity index is 1.47. The summed E-state index contributed by atoms with van der Waals surface area (Å²) in [7, 11) is 0. The predicted octanol–water partition coefficient (Wildman–Crippen LogP) is 4.04. The van der Waals surface area contributed by atoms with E-state index in [0.717, 1.165) is 24.2 Å². The number of carbonyl (C=O) groups is 2. The lowest BCUT2D eigenvalue weighted by Gasteiger charge is -2.53. The van der Waals surface area contributed by atoms with E-state index in [-0.39, 0.29) is 48.4 Å². The minimum Gasteiger partial charge on any atom is -0.487 e. The zero-order valence-electron chi connectivity index (χ0n) is 18.4. The van der Waals surface area contributed by atoms with Gasteiger partial charge in [-0.3, -0.25) is 9.59 Å². The standard InChI is InChI=1S/C24H33NO5/c1-23(2,13-21(27)28)12-20(26)25-10-9-18-15(14-25)11-17-22(29-18)16-7-5-6-8-19(16)30-24(17,3)4/h5-8,15,17-18,22H,9-14H2,1-4H3,(H,27,28)/t15-,17+,18+,22-/m0/s1. The summed E-state index contributed by atoms with van der Waals surface area (Å²) in [6.07, 6.45) is 2.20. The number of likely N-dealkylation sites (tertiary alicyclic amines) is 1. The summed E-state index contributed by atoms with van der Waals surface area (Å²) in [5.74, 6) is 0.603. The van der Waals surface area contributed by atoms with Gasteiger partial charge < -0.3 is 19.5 Å². The minimum atomic E-state index is -0.863. The van der Waals surface area contributed by atoms with Crippen LogP contribution in [-0.2, 0) is 14.3 Å². The van der Waals surface area contributed by atoms with Crippen LogP contribution in [0.2, 0.25) is 0 Å². The lowest BCUT2D eigenvalue weighted by molar-refractivity contribution is -0.189. The lowest BCUT2D eigenvalue weighted by Crippen LogP contribution is -2.56. The lowest BCUT2D eigenvalue weighted by atomic mass is 9.70. The van der Waals surface area contributed by atoms with E-state index in [0.29, 0.717) is 13.1 Å². The van der Waals surface area contributed by atoms with Crippen LogP contribution >= 0.6 is 0 Å². The van der Waals surface area contributed by atoms with Crippen molar-refractivity contribution in [2.45, 2.75) is 71.2 Å². The smallest absolute Gasteiger partial charge is 0.303 e. The van der Waals surface area contributed by atoms with Crippen molar-refractivity contribution in [2.24, 2.45) is 17.3 Å².